The molecular weight excluding hydrogens is 468 g/mol. The Morgan fingerprint density at radius 1 is 0.974 bits per heavy atom. The third-order valence-corrected chi connectivity index (χ3v) is 9.06. The maximum Gasteiger partial charge on any atom is -0.00965 e. The Bertz CT molecular complexity index is 1060. The number of rotatable bonds is 13. The van der Waals surface area contributed by atoms with Gasteiger partial charge in [-0.25, -0.2) is 0 Å². The monoisotopic (exact) mass is 524 g/mol. The fourth-order valence-corrected chi connectivity index (χ4v) is 6.59. The first-order valence-electron chi connectivity index (χ1n) is 16.1. The Labute approximate surface area is 241 Å². The maximum absolute atomic E-state index is 2.59. The summed E-state index contributed by atoms with van der Waals surface area (Å²) in [6.45, 7) is 13.9. The Hall–Kier alpha value is -2.34. The summed E-state index contributed by atoms with van der Waals surface area (Å²) in [6, 6.07) is 0. The third kappa shape index (κ3) is 9.97. The molecule has 0 heteroatoms. The summed E-state index contributed by atoms with van der Waals surface area (Å²) in [5, 5.41) is 0. The van der Waals surface area contributed by atoms with Gasteiger partial charge in [0.2, 0.25) is 0 Å². The van der Waals surface area contributed by atoms with Gasteiger partial charge in [-0.05, 0) is 98.0 Å². The maximum atomic E-state index is 2.59. The van der Waals surface area contributed by atoms with Crippen LogP contribution in [0.2, 0.25) is 0 Å². The first-order valence-corrected chi connectivity index (χ1v) is 16.1. The zero-order chi connectivity index (χ0) is 28.0. The van der Waals surface area contributed by atoms with E-state index in [-0.39, 0.29) is 0 Å². The van der Waals surface area contributed by atoms with E-state index in [0.717, 1.165) is 19.3 Å². The molecule has 4 unspecified atom stereocenters. The van der Waals surface area contributed by atoms with E-state index >= 15 is 0 Å². The van der Waals surface area contributed by atoms with Crippen LogP contribution in [0.5, 0.6) is 0 Å². The SMILES string of the molecule is CC=C1C=CC(C2=CC=CC(C)C2)=CCC1C(CCCCCCCCC)C(C)C=C(C)C1=CCC(C)=CC=C1. The van der Waals surface area contributed by atoms with Gasteiger partial charge in [-0.15, -0.1) is 0 Å². The molecule has 0 heterocycles. The first kappa shape index (κ1) is 31.2. The van der Waals surface area contributed by atoms with Crippen LogP contribution in [-0.2, 0) is 0 Å². The zero-order valence-corrected chi connectivity index (χ0v) is 26.0. The molecule has 212 valence electrons. The van der Waals surface area contributed by atoms with Crippen molar-refractivity contribution in [1.29, 1.82) is 0 Å². The summed E-state index contributed by atoms with van der Waals surface area (Å²) < 4.78 is 0. The van der Waals surface area contributed by atoms with Gasteiger partial charge in [0.15, 0.2) is 0 Å². The quantitative estimate of drug-likeness (QED) is 0.210. The van der Waals surface area contributed by atoms with E-state index in [1.54, 1.807) is 0 Å². The van der Waals surface area contributed by atoms with Crippen LogP contribution in [-0.4, -0.2) is 0 Å². The van der Waals surface area contributed by atoms with Crippen molar-refractivity contribution in [3.8, 4) is 0 Å². The molecule has 0 saturated heterocycles. The number of allylic oxidation sites excluding steroid dienone is 18. The van der Waals surface area contributed by atoms with Gasteiger partial charge in [0.1, 0.15) is 0 Å². The summed E-state index contributed by atoms with van der Waals surface area (Å²) in [7, 11) is 0. The van der Waals surface area contributed by atoms with Crippen molar-refractivity contribution in [1.82, 2.24) is 0 Å². The molecule has 0 nitrogen and oxygen atoms in total. The molecule has 4 atom stereocenters. The number of unbranched alkanes of at least 4 members (excludes halogenated alkanes) is 6. The molecule has 0 aromatic carbocycles. The molecule has 0 aromatic heterocycles. The van der Waals surface area contributed by atoms with Crippen molar-refractivity contribution in [2.24, 2.45) is 23.7 Å². The van der Waals surface area contributed by atoms with Crippen LogP contribution < -0.4 is 0 Å². The topological polar surface area (TPSA) is 0 Å². The lowest BCUT2D eigenvalue weighted by Crippen LogP contribution is -2.22. The van der Waals surface area contributed by atoms with E-state index in [4.69, 9.17) is 0 Å². The number of hydrogen-bond acceptors (Lipinski definition) is 0. The molecule has 3 aliphatic rings. The minimum Gasteiger partial charge on any atom is -0.0841 e. The van der Waals surface area contributed by atoms with Gasteiger partial charge in [0, 0.05) is 0 Å². The Kier molecular flexibility index (Phi) is 13.3. The minimum absolute atomic E-state index is 0.539. The van der Waals surface area contributed by atoms with Crippen molar-refractivity contribution < 1.29 is 0 Å². The van der Waals surface area contributed by atoms with E-state index in [0.29, 0.717) is 23.7 Å². The largest absolute Gasteiger partial charge is 0.0841 e. The Morgan fingerprint density at radius 3 is 2.49 bits per heavy atom. The lowest BCUT2D eigenvalue weighted by Gasteiger charge is -2.32. The second-order valence-corrected chi connectivity index (χ2v) is 12.4. The van der Waals surface area contributed by atoms with Crippen LogP contribution in [0.3, 0.4) is 0 Å². The van der Waals surface area contributed by atoms with Gasteiger partial charge < -0.3 is 0 Å². The summed E-state index contributed by atoms with van der Waals surface area (Å²) >= 11 is 0. The Balaban J connectivity index is 1.80. The summed E-state index contributed by atoms with van der Waals surface area (Å²) in [5.74, 6) is 2.39. The molecule has 0 bridgehead atoms. The van der Waals surface area contributed by atoms with E-state index in [1.165, 1.54) is 84.8 Å². The lowest BCUT2D eigenvalue weighted by molar-refractivity contribution is 0.283. The summed E-state index contributed by atoms with van der Waals surface area (Å²) in [6.07, 6.45) is 42.8. The highest BCUT2D eigenvalue weighted by Gasteiger charge is 2.28. The molecule has 0 saturated carbocycles. The third-order valence-electron chi connectivity index (χ3n) is 9.06. The number of hydrogen-bond donors (Lipinski definition) is 0. The molecule has 0 radical (unpaired) electrons. The van der Waals surface area contributed by atoms with Crippen LogP contribution >= 0.6 is 0 Å². The lowest BCUT2D eigenvalue weighted by atomic mass is 9.73. The average molecular weight is 525 g/mol. The molecule has 0 fully saturated rings. The van der Waals surface area contributed by atoms with Crippen LogP contribution in [0.1, 0.15) is 112 Å². The van der Waals surface area contributed by atoms with E-state index in [9.17, 15) is 0 Å². The van der Waals surface area contributed by atoms with Gasteiger partial charge in [-0.2, -0.15) is 0 Å². The molecule has 3 rings (SSSR count). The highest BCUT2D eigenvalue weighted by Crippen LogP contribution is 2.40. The van der Waals surface area contributed by atoms with Gasteiger partial charge in [-0.3, -0.25) is 0 Å². The highest BCUT2D eigenvalue weighted by atomic mass is 14.3. The summed E-state index contributed by atoms with van der Waals surface area (Å²) in [4.78, 5) is 0. The van der Waals surface area contributed by atoms with Gasteiger partial charge in [0.25, 0.3) is 0 Å². The second kappa shape index (κ2) is 16.7. The molecule has 0 N–H and O–H groups in total. The normalized spacial score (nSPS) is 24.5. The summed E-state index contributed by atoms with van der Waals surface area (Å²) in [5.41, 5.74) is 8.73. The van der Waals surface area contributed by atoms with Gasteiger partial charge >= 0.3 is 0 Å². The van der Waals surface area contributed by atoms with Crippen LogP contribution in [0.25, 0.3) is 0 Å². The molecule has 0 aliphatic heterocycles. The Morgan fingerprint density at radius 2 is 1.74 bits per heavy atom. The molecule has 0 aromatic rings. The molecular formula is C39H56. The van der Waals surface area contributed by atoms with E-state index < -0.39 is 0 Å². The fourth-order valence-electron chi connectivity index (χ4n) is 6.59. The van der Waals surface area contributed by atoms with E-state index in [1.807, 2.05) is 0 Å². The second-order valence-electron chi connectivity index (χ2n) is 12.4. The molecule has 0 amide bonds. The van der Waals surface area contributed by atoms with Crippen molar-refractivity contribution in [3.63, 3.8) is 0 Å². The van der Waals surface area contributed by atoms with Crippen LogP contribution in [0.15, 0.2) is 106 Å². The van der Waals surface area contributed by atoms with Crippen LogP contribution in [0, 0.1) is 23.7 Å². The molecule has 3 aliphatic carbocycles. The van der Waals surface area contributed by atoms with Crippen molar-refractivity contribution in [2.45, 2.75) is 112 Å². The smallest absolute Gasteiger partial charge is 0.00965 e. The van der Waals surface area contributed by atoms with Crippen molar-refractivity contribution >= 4 is 0 Å². The standard InChI is InChI=1S/C39H56/c1-7-9-10-11-12-13-14-21-38(33(6)29-32(5)35-19-15-17-30(3)22-23-35)39-27-26-36(25-24-34(39)8-2)37-20-16-18-31(4)28-37/h8,15-20,23-26,29,31,33,38-39H,7,9-14,21-22,27-28H2,1-6H3. The first-order chi connectivity index (χ1) is 18.9. The average Bonchev–Trinajstić information content (AvgIpc) is 3.28. The molecule has 0 spiro atoms. The fraction of sp³-hybridized carbons (Fsp3) is 0.538. The predicted octanol–water partition coefficient (Wildman–Crippen LogP) is 12.1. The predicted molar refractivity (Wildman–Crippen MR) is 175 cm³/mol. The van der Waals surface area contributed by atoms with Gasteiger partial charge in [0.05, 0.1) is 0 Å². The van der Waals surface area contributed by atoms with Crippen molar-refractivity contribution in [3.05, 3.63) is 106 Å². The molecule has 39 heavy (non-hydrogen) atoms. The zero-order valence-electron chi connectivity index (χ0n) is 26.0. The van der Waals surface area contributed by atoms with Gasteiger partial charge in [-0.1, -0.05) is 144 Å². The minimum atomic E-state index is 0.539. The van der Waals surface area contributed by atoms with Crippen LogP contribution in [0.4, 0.5) is 0 Å². The van der Waals surface area contributed by atoms with Crippen molar-refractivity contribution in [2.75, 3.05) is 0 Å². The highest BCUT2D eigenvalue weighted by molar-refractivity contribution is 5.47. The van der Waals surface area contributed by atoms with E-state index in [2.05, 4.69) is 114 Å².